The number of thiazole rings is 1. The molecule has 0 aliphatic heterocycles. The summed E-state index contributed by atoms with van der Waals surface area (Å²) in [6.07, 6.45) is 5.33. The maximum absolute atomic E-state index is 11.7. The van der Waals surface area contributed by atoms with Crippen molar-refractivity contribution in [1.29, 1.82) is 0 Å². The lowest BCUT2D eigenvalue weighted by atomic mass is 10.2. The zero-order valence-corrected chi connectivity index (χ0v) is 10.9. The van der Waals surface area contributed by atoms with Gasteiger partial charge in [-0.15, -0.1) is 17.9 Å². The van der Waals surface area contributed by atoms with E-state index in [2.05, 4.69) is 16.9 Å². The summed E-state index contributed by atoms with van der Waals surface area (Å²) in [7, 11) is 0. The SMILES string of the molecule is C=CCC(NC(=O)Cc1cn2ccsc2n1)C(=O)O. The molecule has 0 saturated carbocycles. The summed E-state index contributed by atoms with van der Waals surface area (Å²) in [5, 5.41) is 13.3. The molecule has 2 aromatic rings. The molecule has 2 rings (SSSR count). The summed E-state index contributed by atoms with van der Waals surface area (Å²) in [6.45, 7) is 3.47. The molecule has 1 atom stereocenters. The average molecular weight is 279 g/mol. The van der Waals surface area contributed by atoms with Crippen molar-refractivity contribution < 1.29 is 14.7 Å². The topological polar surface area (TPSA) is 83.7 Å². The molecule has 2 aromatic heterocycles. The summed E-state index contributed by atoms with van der Waals surface area (Å²) in [6, 6.07) is -0.936. The summed E-state index contributed by atoms with van der Waals surface area (Å²) in [5.74, 6) is -1.43. The van der Waals surface area contributed by atoms with Crippen LogP contribution in [0.1, 0.15) is 12.1 Å². The molecule has 1 unspecified atom stereocenters. The van der Waals surface area contributed by atoms with Crippen LogP contribution in [-0.4, -0.2) is 32.4 Å². The molecule has 0 saturated heterocycles. The third-order valence-corrected chi connectivity index (χ3v) is 3.29. The van der Waals surface area contributed by atoms with Crippen molar-refractivity contribution in [2.75, 3.05) is 0 Å². The molecule has 0 aliphatic carbocycles. The Hall–Kier alpha value is -2.15. The predicted octanol–water partition coefficient (Wildman–Crippen LogP) is 1.08. The fourth-order valence-corrected chi connectivity index (χ4v) is 2.38. The molecule has 0 aromatic carbocycles. The van der Waals surface area contributed by atoms with Gasteiger partial charge in [-0.25, -0.2) is 9.78 Å². The number of carbonyl (C=O) groups is 2. The van der Waals surface area contributed by atoms with Crippen molar-refractivity contribution in [2.45, 2.75) is 18.9 Å². The Balaban J connectivity index is 1.98. The Morgan fingerprint density at radius 1 is 1.63 bits per heavy atom. The van der Waals surface area contributed by atoms with Gasteiger partial charge in [0.2, 0.25) is 5.91 Å². The van der Waals surface area contributed by atoms with Crippen molar-refractivity contribution in [2.24, 2.45) is 0 Å². The Bertz CT molecular complexity index is 588. The molecule has 0 radical (unpaired) electrons. The summed E-state index contributed by atoms with van der Waals surface area (Å²) in [5.41, 5.74) is 0.618. The van der Waals surface area contributed by atoms with Gasteiger partial charge in [0.05, 0.1) is 12.1 Å². The van der Waals surface area contributed by atoms with E-state index in [-0.39, 0.29) is 18.7 Å². The minimum atomic E-state index is -1.07. The number of aromatic nitrogens is 2. The molecular formula is C12H13N3O3S. The van der Waals surface area contributed by atoms with E-state index in [1.54, 1.807) is 6.20 Å². The van der Waals surface area contributed by atoms with Gasteiger partial charge in [-0.2, -0.15) is 0 Å². The second-order valence-corrected chi connectivity index (χ2v) is 4.86. The Morgan fingerprint density at radius 3 is 3.05 bits per heavy atom. The standard InChI is InChI=1S/C12H13N3O3S/c1-2-3-9(11(17)18)14-10(16)6-8-7-15-4-5-19-12(15)13-8/h2,4-5,7,9H,1,3,6H2,(H,14,16)(H,17,18). The molecule has 2 N–H and O–H groups in total. The van der Waals surface area contributed by atoms with Crippen molar-refractivity contribution in [3.8, 4) is 0 Å². The monoisotopic (exact) mass is 279 g/mol. The molecule has 6 nitrogen and oxygen atoms in total. The number of nitrogens with one attached hydrogen (secondary N) is 1. The normalized spacial score (nSPS) is 12.2. The van der Waals surface area contributed by atoms with Crippen LogP contribution in [-0.2, 0) is 16.0 Å². The number of rotatable bonds is 6. The largest absolute Gasteiger partial charge is 0.480 e. The highest BCUT2D eigenvalue weighted by atomic mass is 32.1. The van der Waals surface area contributed by atoms with E-state index in [4.69, 9.17) is 5.11 Å². The van der Waals surface area contributed by atoms with Gasteiger partial charge in [-0.3, -0.25) is 9.20 Å². The van der Waals surface area contributed by atoms with E-state index in [0.29, 0.717) is 5.69 Å². The first kappa shape index (κ1) is 13.3. The van der Waals surface area contributed by atoms with E-state index < -0.39 is 12.0 Å². The Kier molecular flexibility index (Phi) is 3.96. The van der Waals surface area contributed by atoms with Crippen molar-refractivity contribution in [3.63, 3.8) is 0 Å². The van der Waals surface area contributed by atoms with Gasteiger partial charge in [0.1, 0.15) is 6.04 Å². The highest BCUT2D eigenvalue weighted by Gasteiger charge is 2.19. The van der Waals surface area contributed by atoms with Crippen molar-refractivity contribution in [1.82, 2.24) is 14.7 Å². The first-order chi connectivity index (χ1) is 9.10. The first-order valence-electron chi connectivity index (χ1n) is 5.64. The third kappa shape index (κ3) is 3.19. The molecule has 0 aliphatic rings. The van der Waals surface area contributed by atoms with Gasteiger partial charge in [-0.05, 0) is 6.42 Å². The van der Waals surface area contributed by atoms with Crippen LogP contribution >= 0.6 is 11.3 Å². The molecule has 100 valence electrons. The van der Waals surface area contributed by atoms with Crippen LogP contribution in [0, 0.1) is 0 Å². The van der Waals surface area contributed by atoms with E-state index in [1.807, 2.05) is 16.0 Å². The number of nitrogens with zero attached hydrogens (tertiary/aromatic N) is 2. The smallest absolute Gasteiger partial charge is 0.326 e. The van der Waals surface area contributed by atoms with Crippen LogP contribution < -0.4 is 5.32 Å². The van der Waals surface area contributed by atoms with Crippen LogP contribution in [0.3, 0.4) is 0 Å². The quantitative estimate of drug-likeness (QED) is 0.775. The zero-order valence-electron chi connectivity index (χ0n) is 10.1. The van der Waals surface area contributed by atoms with Crippen LogP contribution in [0.15, 0.2) is 30.4 Å². The highest BCUT2D eigenvalue weighted by molar-refractivity contribution is 7.15. The zero-order chi connectivity index (χ0) is 13.8. The van der Waals surface area contributed by atoms with E-state index >= 15 is 0 Å². The predicted molar refractivity (Wildman–Crippen MR) is 71.2 cm³/mol. The number of hydrogen-bond donors (Lipinski definition) is 2. The van der Waals surface area contributed by atoms with E-state index in [0.717, 1.165) is 4.96 Å². The van der Waals surface area contributed by atoms with Gasteiger partial charge in [0.25, 0.3) is 0 Å². The van der Waals surface area contributed by atoms with Crippen LogP contribution in [0.4, 0.5) is 0 Å². The lowest BCUT2D eigenvalue weighted by Gasteiger charge is -2.11. The molecule has 19 heavy (non-hydrogen) atoms. The van der Waals surface area contributed by atoms with E-state index in [1.165, 1.54) is 17.4 Å². The number of hydrogen-bond acceptors (Lipinski definition) is 4. The fraction of sp³-hybridized carbons (Fsp3) is 0.250. The molecule has 0 spiro atoms. The van der Waals surface area contributed by atoms with Crippen LogP contribution in [0.25, 0.3) is 4.96 Å². The Morgan fingerprint density at radius 2 is 2.42 bits per heavy atom. The minimum absolute atomic E-state index is 0.0648. The summed E-state index contributed by atoms with van der Waals surface area (Å²) in [4.78, 5) is 27.7. The van der Waals surface area contributed by atoms with Gasteiger partial charge < -0.3 is 10.4 Å². The van der Waals surface area contributed by atoms with Gasteiger partial charge in [-0.1, -0.05) is 6.08 Å². The summed E-state index contributed by atoms with van der Waals surface area (Å²) >= 11 is 1.47. The molecule has 7 heteroatoms. The molecule has 2 heterocycles. The average Bonchev–Trinajstić information content (AvgIpc) is 2.88. The second-order valence-electron chi connectivity index (χ2n) is 3.98. The highest BCUT2D eigenvalue weighted by Crippen LogP contribution is 2.11. The van der Waals surface area contributed by atoms with Gasteiger partial charge in [0, 0.05) is 17.8 Å². The van der Waals surface area contributed by atoms with E-state index in [9.17, 15) is 9.59 Å². The number of carbonyl (C=O) groups excluding carboxylic acids is 1. The van der Waals surface area contributed by atoms with Crippen LogP contribution in [0.2, 0.25) is 0 Å². The lowest BCUT2D eigenvalue weighted by molar-refractivity contribution is -0.141. The third-order valence-electron chi connectivity index (χ3n) is 2.52. The molecule has 0 bridgehead atoms. The number of amides is 1. The van der Waals surface area contributed by atoms with Gasteiger partial charge in [0.15, 0.2) is 4.96 Å². The number of fused-ring (bicyclic) bond motifs is 1. The first-order valence-corrected chi connectivity index (χ1v) is 6.52. The number of imidazole rings is 1. The maximum atomic E-state index is 11.7. The van der Waals surface area contributed by atoms with Crippen LogP contribution in [0.5, 0.6) is 0 Å². The minimum Gasteiger partial charge on any atom is -0.480 e. The molecule has 0 fully saturated rings. The fourth-order valence-electron chi connectivity index (χ4n) is 1.66. The number of aliphatic carboxylic acids is 1. The molecular weight excluding hydrogens is 266 g/mol. The number of carboxylic acid groups (broad SMARTS) is 1. The van der Waals surface area contributed by atoms with Crippen molar-refractivity contribution >= 4 is 28.2 Å². The maximum Gasteiger partial charge on any atom is 0.326 e. The van der Waals surface area contributed by atoms with Gasteiger partial charge >= 0.3 is 5.97 Å². The summed E-state index contributed by atoms with van der Waals surface area (Å²) < 4.78 is 1.83. The second kappa shape index (κ2) is 5.66. The van der Waals surface area contributed by atoms with Crippen molar-refractivity contribution in [3.05, 3.63) is 36.1 Å². The lowest BCUT2D eigenvalue weighted by Crippen LogP contribution is -2.41. The molecule has 1 amide bonds. The Labute approximate surface area is 113 Å². The number of carboxylic acids is 1.